The van der Waals surface area contributed by atoms with Crippen LogP contribution in [0, 0.1) is 0 Å². The zero-order chi connectivity index (χ0) is 24.4. The fourth-order valence-corrected chi connectivity index (χ4v) is 4.96. The number of benzene rings is 2. The molecule has 2 aromatic carbocycles. The highest BCUT2D eigenvalue weighted by atomic mass is 32.1. The summed E-state index contributed by atoms with van der Waals surface area (Å²) < 4.78 is 11.0. The third-order valence-corrected chi connectivity index (χ3v) is 6.70. The van der Waals surface area contributed by atoms with Gasteiger partial charge < -0.3 is 20.5 Å². The minimum Gasteiger partial charge on any atom is -0.497 e. The minimum atomic E-state index is -0.617. The highest BCUT2D eigenvalue weighted by Gasteiger charge is 2.22. The van der Waals surface area contributed by atoms with E-state index in [1.54, 1.807) is 43.5 Å². The van der Waals surface area contributed by atoms with Crippen molar-refractivity contribution in [2.75, 3.05) is 12.4 Å². The second-order valence-electron chi connectivity index (χ2n) is 8.01. The van der Waals surface area contributed by atoms with Crippen LogP contribution < -0.4 is 20.5 Å². The third-order valence-electron chi connectivity index (χ3n) is 5.67. The molecule has 0 fully saturated rings. The van der Waals surface area contributed by atoms with E-state index in [9.17, 15) is 9.59 Å². The van der Waals surface area contributed by atoms with Crippen molar-refractivity contribution in [3.63, 3.8) is 0 Å². The van der Waals surface area contributed by atoms with Crippen LogP contribution in [0.3, 0.4) is 0 Å². The highest BCUT2D eigenvalue weighted by molar-refractivity contribution is 7.16. The number of aryl methyl sites for hydroxylation is 2. The molecule has 1 aliphatic rings. The first-order valence-electron chi connectivity index (χ1n) is 11.0. The van der Waals surface area contributed by atoms with Gasteiger partial charge >= 0.3 is 0 Å². The van der Waals surface area contributed by atoms with E-state index in [1.807, 2.05) is 18.2 Å². The first-order chi connectivity index (χ1) is 17.0. The van der Waals surface area contributed by atoms with E-state index in [-0.39, 0.29) is 23.8 Å². The number of nitrogens with two attached hydrogens (primary N) is 1. The predicted molar refractivity (Wildman–Crippen MR) is 133 cm³/mol. The molecule has 0 saturated carbocycles. The summed E-state index contributed by atoms with van der Waals surface area (Å²) in [5.74, 6) is 0.686. The number of primary amides is 1. The van der Waals surface area contributed by atoms with Crippen LogP contribution in [-0.2, 0) is 24.1 Å². The van der Waals surface area contributed by atoms with Crippen LogP contribution in [0.15, 0.2) is 60.8 Å². The molecule has 2 amide bonds. The normalized spacial score (nSPS) is 11.8. The highest BCUT2D eigenvalue weighted by Crippen LogP contribution is 2.39. The van der Waals surface area contributed by atoms with Crippen LogP contribution in [-0.4, -0.2) is 28.9 Å². The van der Waals surface area contributed by atoms with Crippen LogP contribution in [0.4, 0.5) is 5.13 Å². The van der Waals surface area contributed by atoms with Crippen LogP contribution in [0.1, 0.15) is 26.4 Å². The van der Waals surface area contributed by atoms with Gasteiger partial charge in [-0.05, 0) is 66.4 Å². The molecule has 0 saturated heterocycles. The maximum atomic E-state index is 12.7. The third kappa shape index (κ3) is 4.85. The van der Waals surface area contributed by atoms with Gasteiger partial charge in [-0.3, -0.25) is 9.59 Å². The molecule has 176 valence electrons. The second-order valence-corrected chi connectivity index (χ2v) is 9.09. The van der Waals surface area contributed by atoms with Gasteiger partial charge in [-0.2, -0.15) is 0 Å². The number of carbonyl (C=O) groups excluding carboxylic acids is 2. The van der Waals surface area contributed by atoms with Crippen molar-refractivity contribution in [3.05, 3.63) is 82.4 Å². The van der Waals surface area contributed by atoms with E-state index in [0.29, 0.717) is 10.9 Å². The molecule has 0 bridgehead atoms. The maximum absolute atomic E-state index is 12.7. The summed E-state index contributed by atoms with van der Waals surface area (Å²) in [6, 6.07) is 16.2. The smallest absolute Gasteiger partial charge is 0.254 e. The summed E-state index contributed by atoms with van der Waals surface area (Å²) in [6.07, 6.45) is 3.52. The van der Waals surface area contributed by atoms with Crippen molar-refractivity contribution in [3.8, 4) is 28.6 Å². The fourth-order valence-electron chi connectivity index (χ4n) is 3.96. The van der Waals surface area contributed by atoms with Gasteiger partial charge in [0.2, 0.25) is 11.8 Å². The van der Waals surface area contributed by atoms with Crippen molar-refractivity contribution < 1.29 is 19.1 Å². The Hall–Kier alpha value is -4.24. The quantitative estimate of drug-likeness (QED) is 0.400. The summed E-state index contributed by atoms with van der Waals surface area (Å²) in [5, 5.41) is 3.52. The number of hydrogen-bond acceptors (Lipinski definition) is 7. The van der Waals surface area contributed by atoms with Gasteiger partial charge in [0.15, 0.2) is 5.13 Å². The lowest BCUT2D eigenvalue weighted by Crippen LogP contribution is -2.14. The minimum absolute atomic E-state index is 0.137. The summed E-state index contributed by atoms with van der Waals surface area (Å²) in [4.78, 5) is 34.1. The van der Waals surface area contributed by atoms with Gasteiger partial charge in [0.1, 0.15) is 17.1 Å². The predicted octanol–water partition coefficient (Wildman–Crippen LogP) is 4.38. The Balaban J connectivity index is 1.24. The van der Waals surface area contributed by atoms with Crippen LogP contribution in [0.25, 0.3) is 11.3 Å². The summed E-state index contributed by atoms with van der Waals surface area (Å²) in [5.41, 5.74) is 9.60. The monoisotopic (exact) mass is 486 g/mol. The number of amides is 2. The largest absolute Gasteiger partial charge is 0.497 e. The molecule has 4 aromatic rings. The lowest BCUT2D eigenvalue weighted by Gasteiger charge is -2.15. The van der Waals surface area contributed by atoms with Gasteiger partial charge in [-0.25, -0.2) is 9.97 Å². The molecule has 0 radical (unpaired) electrons. The Labute approximate surface area is 205 Å². The molecular formula is C26H22N4O4S. The number of anilines is 1. The Morgan fingerprint density at radius 3 is 2.66 bits per heavy atom. The molecule has 2 aromatic heterocycles. The summed E-state index contributed by atoms with van der Waals surface area (Å²) in [6.45, 7) is 0. The number of rotatable bonds is 7. The van der Waals surface area contributed by atoms with Gasteiger partial charge in [-0.15, -0.1) is 11.3 Å². The molecule has 0 aliphatic heterocycles. The first-order valence-corrected chi connectivity index (χ1v) is 11.8. The van der Waals surface area contributed by atoms with Crippen molar-refractivity contribution in [1.82, 2.24) is 9.97 Å². The molecule has 9 heteroatoms. The average Bonchev–Trinajstić information content (AvgIpc) is 3.27. The number of methoxy groups -OCH3 is 1. The maximum Gasteiger partial charge on any atom is 0.254 e. The Morgan fingerprint density at radius 2 is 1.89 bits per heavy atom. The Kier molecular flexibility index (Phi) is 6.15. The van der Waals surface area contributed by atoms with Crippen LogP contribution in [0.5, 0.6) is 17.4 Å². The van der Waals surface area contributed by atoms with E-state index in [2.05, 4.69) is 10.3 Å². The Morgan fingerprint density at radius 1 is 1.09 bits per heavy atom. The molecule has 1 aliphatic carbocycles. The van der Waals surface area contributed by atoms with Crippen molar-refractivity contribution in [2.24, 2.45) is 5.73 Å². The molecule has 0 spiro atoms. The van der Waals surface area contributed by atoms with Crippen molar-refractivity contribution in [1.29, 1.82) is 0 Å². The zero-order valence-electron chi connectivity index (χ0n) is 18.9. The van der Waals surface area contributed by atoms with Crippen LogP contribution in [0.2, 0.25) is 0 Å². The van der Waals surface area contributed by atoms with Gasteiger partial charge in [0.05, 0.1) is 19.2 Å². The topological polar surface area (TPSA) is 116 Å². The molecule has 35 heavy (non-hydrogen) atoms. The molecule has 0 atom stereocenters. The second kappa shape index (κ2) is 9.55. The van der Waals surface area contributed by atoms with Gasteiger partial charge in [-0.1, -0.05) is 12.1 Å². The van der Waals surface area contributed by atoms with E-state index in [1.165, 1.54) is 28.0 Å². The molecule has 0 unspecified atom stereocenters. The molecule has 2 heterocycles. The SMILES string of the molecule is COc1ccc2c(c1)CCc1sc(NC(=O)Cc3ccc(Oc4ncccc4C(N)=O)cc3)nc1-2. The lowest BCUT2D eigenvalue weighted by atomic mass is 9.93. The summed E-state index contributed by atoms with van der Waals surface area (Å²) in [7, 11) is 1.66. The zero-order valence-corrected chi connectivity index (χ0v) is 19.7. The number of carbonyl (C=O) groups is 2. The van der Waals surface area contributed by atoms with Gasteiger partial charge in [0.25, 0.3) is 5.91 Å². The number of ether oxygens (including phenoxy) is 2. The van der Waals surface area contributed by atoms with Crippen molar-refractivity contribution >= 4 is 28.3 Å². The van der Waals surface area contributed by atoms with E-state index in [4.69, 9.17) is 20.2 Å². The summed E-state index contributed by atoms with van der Waals surface area (Å²) >= 11 is 1.52. The lowest BCUT2D eigenvalue weighted by molar-refractivity contribution is -0.115. The standard InChI is InChI=1S/C26H22N4O4S/c1-33-18-9-10-19-16(14-18)6-11-21-23(19)30-26(35-21)29-22(31)13-15-4-7-17(8-5-15)34-25-20(24(27)32)3-2-12-28-25/h2-5,7-10,12,14H,6,11,13H2,1H3,(H2,27,32)(H,29,30,31). The molecule has 3 N–H and O–H groups in total. The number of fused-ring (bicyclic) bond motifs is 3. The number of pyridine rings is 1. The van der Waals surface area contributed by atoms with E-state index >= 15 is 0 Å². The number of thiazole rings is 1. The number of nitrogens with zero attached hydrogens (tertiary/aromatic N) is 2. The van der Waals surface area contributed by atoms with E-state index < -0.39 is 5.91 Å². The number of hydrogen-bond donors (Lipinski definition) is 2. The first kappa shape index (κ1) is 22.5. The molecule has 5 rings (SSSR count). The Bertz CT molecular complexity index is 1420. The molecular weight excluding hydrogens is 464 g/mol. The van der Waals surface area contributed by atoms with Crippen LogP contribution >= 0.6 is 11.3 Å². The van der Waals surface area contributed by atoms with E-state index in [0.717, 1.165) is 35.4 Å². The fraction of sp³-hybridized carbons (Fsp3) is 0.154. The van der Waals surface area contributed by atoms with Gasteiger partial charge in [0, 0.05) is 16.6 Å². The molecule has 8 nitrogen and oxygen atoms in total. The number of aromatic nitrogens is 2. The van der Waals surface area contributed by atoms with Crippen molar-refractivity contribution in [2.45, 2.75) is 19.3 Å². The average molecular weight is 487 g/mol. The number of nitrogens with one attached hydrogen (secondary N) is 1.